The fourth-order valence-corrected chi connectivity index (χ4v) is 4.57. The van der Waals surface area contributed by atoms with E-state index in [1.807, 2.05) is 66.7 Å². The molecular weight excluding hydrogens is 547 g/mol. The molecule has 0 aliphatic rings. The van der Waals surface area contributed by atoms with Crippen molar-refractivity contribution in [3.63, 3.8) is 0 Å². The minimum absolute atomic E-state index is 0.317. The fourth-order valence-electron chi connectivity index (χ4n) is 4.27. The molecule has 7 nitrogen and oxygen atoms in total. The van der Waals surface area contributed by atoms with Gasteiger partial charge in [-0.15, -0.1) is 0 Å². The molecule has 0 aliphatic heterocycles. The maximum Gasteiger partial charge on any atom is 0.328 e. The molecule has 1 atom stereocenters. The molecule has 0 fully saturated rings. The van der Waals surface area contributed by atoms with Gasteiger partial charge in [0.05, 0.1) is 34.2 Å². The molecule has 3 aromatic carbocycles. The molecular formula is C31H24Cl2N4O3. The molecule has 5 aromatic rings. The van der Waals surface area contributed by atoms with Gasteiger partial charge >= 0.3 is 5.97 Å². The number of pyridine rings is 1. The quantitative estimate of drug-likeness (QED) is 0.217. The SMILES string of the molecule is COC(=O)[C@H](Cc1ccccc1)NC(=O)c1ccc(-c2cc(-c3cccnc3)nn2-c2ccc(Cl)c(Cl)c2)cc1. The number of aromatic nitrogens is 3. The Kier molecular flexibility index (Phi) is 8.24. The molecule has 0 spiro atoms. The summed E-state index contributed by atoms with van der Waals surface area (Å²) in [6, 6.07) is 26.7. The van der Waals surface area contributed by atoms with E-state index in [4.69, 9.17) is 33.0 Å². The van der Waals surface area contributed by atoms with Crippen molar-refractivity contribution < 1.29 is 14.3 Å². The summed E-state index contributed by atoms with van der Waals surface area (Å²) in [4.78, 5) is 29.7. The fraction of sp³-hybridized carbons (Fsp3) is 0.0968. The number of carbonyl (C=O) groups excluding carboxylic acids is 2. The van der Waals surface area contributed by atoms with Gasteiger partial charge in [-0.3, -0.25) is 9.78 Å². The second-order valence-electron chi connectivity index (χ2n) is 8.98. The van der Waals surface area contributed by atoms with Gasteiger partial charge in [0.15, 0.2) is 0 Å². The van der Waals surface area contributed by atoms with E-state index < -0.39 is 12.0 Å². The molecule has 0 aliphatic carbocycles. The lowest BCUT2D eigenvalue weighted by Crippen LogP contribution is -2.43. The predicted molar refractivity (Wildman–Crippen MR) is 156 cm³/mol. The highest BCUT2D eigenvalue weighted by Gasteiger charge is 2.23. The number of hydrogen-bond acceptors (Lipinski definition) is 5. The topological polar surface area (TPSA) is 86.1 Å². The average molecular weight is 571 g/mol. The number of carbonyl (C=O) groups is 2. The molecule has 0 unspecified atom stereocenters. The first kappa shape index (κ1) is 27.1. The Morgan fingerprint density at radius 1 is 0.900 bits per heavy atom. The zero-order valence-corrected chi connectivity index (χ0v) is 22.9. The number of hydrogen-bond donors (Lipinski definition) is 1. The van der Waals surface area contributed by atoms with Crippen LogP contribution in [0.2, 0.25) is 10.0 Å². The molecule has 0 saturated heterocycles. The highest BCUT2D eigenvalue weighted by molar-refractivity contribution is 6.42. The first-order valence-electron chi connectivity index (χ1n) is 12.4. The van der Waals surface area contributed by atoms with Crippen molar-refractivity contribution >= 4 is 35.1 Å². The van der Waals surface area contributed by atoms with Gasteiger partial charge in [-0.2, -0.15) is 5.10 Å². The number of ether oxygens (including phenoxy) is 1. The van der Waals surface area contributed by atoms with E-state index in [0.29, 0.717) is 22.0 Å². The third-order valence-corrected chi connectivity index (χ3v) is 7.07. The molecule has 2 aromatic heterocycles. The summed E-state index contributed by atoms with van der Waals surface area (Å²) in [5.74, 6) is -0.894. The number of nitrogens with zero attached hydrogens (tertiary/aromatic N) is 3. The van der Waals surface area contributed by atoms with E-state index >= 15 is 0 Å². The Balaban J connectivity index is 1.44. The maximum absolute atomic E-state index is 13.1. The van der Waals surface area contributed by atoms with Gasteiger partial charge in [-0.05, 0) is 54.1 Å². The van der Waals surface area contributed by atoms with Crippen LogP contribution in [0.4, 0.5) is 0 Å². The van der Waals surface area contributed by atoms with Crippen LogP contribution < -0.4 is 5.32 Å². The van der Waals surface area contributed by atoms with Crippen molar-refractivity contribution in [1.82, 2.24) is 20.1 Å². The molecule has 0 bridgehead atoms. The number of rotatable bonds is 8. The molecule has 0 radical (unpaired) electrons. The maximum atomic E-state index is 13.1. The van der Waals surface area contributed by atoms with Crippen molar-refractivity contribution in [3.05, 3.63) is 125 Å². The van der Waals surface area contributed by atoms with Crippen LogP contribution in [0.25, 0.3) is 28.2 Å². The van der Waals surface area contributed by atoms with E-state index in [9.17, 15) is 9.59 Å². The molecule has 40 heavy (non-hydrogen) atoms. The number of benzene rings is 3. The minimum atomic E-state index is -0.822. The Bertz CT molecular complexity index is 1640. The second kappa shape index (κ2) is 12.2. The van der Waals surface area contributed by atoms with E-state index in [2.05, 4.69) is 10.3 Å². The van der Waals surface area contributed by atoms with E-state index in [-0.39, 0.29) is 5.91 Å². The van der Waals surface area contributed by atoms with Gasteiger partial charge in [-0.1, -0.05) is 65.7 Å². The zero-order chi connectivity index (χ0) is 28.1. The van der Waals surface area contributed by atoms with E-state index in [1.54, 1.807) is 41.3 Å². The van der Waals surface area contributed by atoms with Gasteiger partial charge in [0.25, 0.3) is 5.91 Å². The summed E-state index contributed by atoms with van der Waals surface area (Å²) < 4.78 is 6.69. The van der Waals surface area contributed by atoms with Crippen LogP contribution in [-0.4, -0.2) is 39.8 Å². The van der Waals surface area contributed by atoms with E-state index in [0.717, 1.165) is 33.8 Å². The van der Waals surface area contributed by atoms with Gasteiger partial charge in [0.1, 0.15) is 6.04 Å². The Morgan fingerprint density at radius 3 is 2.35 bits per heavy atom. The van der Waals surface area contributed by atoms with Crippen molar-refractivity contribution in [3.8, 4) is 28.2 Å². The second-order valence-corrected chi connectivity index (χ2v) is 9.80. The van der Waals surface area contributed by atoms with Crippen LogP contribution in [0.1, 0.15) is 15.9 Å². The summed E-state index contributed by atoms with van der Waals surface area (Å²) >= 11 is 12.5. The van der Waals surface area contributed by atoms with Crippen LogP contribution in [0.5, 0.6) is 0 Å². The highest BCUT2D eigenvalue weighted by Crippen LogP contribution is 2.31. The number of methoxy groups -OCH3 is 1. The van der Waals surface area contributed by atoms with Crippen LogP contribution in [0.15, 0.2) is 103 Å². The van der Waals surface area contributed by atoms with Crippen LogP contribution in [-0.2, 0) is 16.0 Å². The van der Waals surface area contributed by atoms with Crippen LogP contribution >= 0.6 is 23.2 Å². The smallest absolute Gasteiger partial charge is 0.328 e. The number of esters is 1. The monoisotopic (exact) mass is 570 g/mol. The van der Waals surface area contributed by atoms with Crippen LogP contribution in [0.3, 0.4) is 0 Å². The minimum Gasteiger partial charge on any atom is -0.467 e. The predicted octanol–water partition coefficient (Wildman–Crippen LogP) is 6.42. The summed E-state index contributed by atoms with van der Waals surface area (Å²) in [6.07, 6.45) is 3.76. The standard InChI is InChI=1S/C31H24Cl2N4O3/c1-40-31(39)28(16-20-6-3-2-4-7-20)35-30(38)22-11-9-21(10-12-22)29-18-27(23-8-5-15-34-19-23)36-37(29)24-13-14-25(32)26(33)17-24/h2-15,17-19,28H,16H2,1H3,(H,35,38)/t28-/m0/s1. The van der Waals surface area contributed by atoms with Crippen LogP contribution in [0, 0.1) is 0 Å². The van der Waals surface area contributed by atoms with Crippen molar-refractivity contribution in [2.45, 2.75) is 12.5 Å². The Morgan fingerprint density at radius 2 is 1.68 bits per heavy atom. The summed E-state index contributed by atoms with van der Waals surface area (Å²) in [6.45, 7) is 0. The molecule has 1 N–H and O–H groups in total. The Labute approximate surface area is 241 Å². The molecule has 200 valence electrons. The number of halogens is 2. The molecule has 9 heteroatoms. The van der Waals surface area contributed by atoms with Crippen molar-refractivity contribution in [2.75, 3.05) is 7.11 Å². The first-order chi connectivity index (χ1) is 19.4. The van der Waals surface area contributed by atoms with Gasteiger partial charge in [0, 0.05) is 35.5 Å². The number of nitrogens with one attached hydrogen (secondary N) is 1. The average Bonchev–Trinajstić information content (AvgIpc) is 3.44. The van der Waals surface area contributed by atoms with Gasteiger partial charge in [0.2, 0.25) is 0 Å². The molecule has 2 heterocycles. The first-order valence-corrected chi connectivity index (χ1v) is 13.2. The number of amides is 1. The van der Waals surface area contributed by atoms with Crippen molar-refractivity contribution in [1.29, 1.82) is 0 Å². The largest absolute Gasteiger partial charge is 0.467 e. The zero-order valence-electron chi connectivity index (χ0n) is 21.4. The summed E-state index contributed by atoms with van der Waals surface area (Å²) in [7, 11) is 1.30. The van der Waals surface area contributed by atoms with Gasteiger partial charge in [-0.25, -0.2) is 9.48 Å². The highest BCUT2D eigenvalue weighted by atomic mass is 35.5. The third-order valence-electron chi connectivity index (χ3n) is 6.33. The van der Waals surface area contributed by atoms with E-state index in [1.165, 1.54) is 7.11 Å². The normalized spacial score (nSPS) is 11.6. The van der Waals surface area contributed by atoms with Gasteiger partial charge < -0.3 is 10.1 Å². The molecule has 1 amide bonds. The Hall–Kier alpha value is -4.46. The lowest BCUT2D eigenvalue weighted by molar-refractivity contribution is -0.142. The summed E-state index contributed by atoms with van der Waals surface area (Å²) in [5.41, 5.74) is 5.21. The summed E-state index contributed by atoms with van der Waals surface area (Å²) in [5, 5.41) is 8.46. The lowest BCUT2D eigenvalue weighted by Gasteiger charge is -2.17. The lowest BCUT2D eigenvalue weighted by atomic mass is 10.0. The third kappa shape index (κ3) is 6.06. The molecule has 0 saturated carbocycles. The molecule has 5 rings (SSSR count). The van der Waals surface area contributed by atoms with Crippen molar-refractivity contribution in [2.24, 2.45) is 0 Å².